The van der Waals surface area contributed by atoms with Gasteiger partial charge in [-0.15, -0.1) is 11.3 Å². The van der Waals surface area contributed by atoms with Crippen LogP contribution in [0.15, 0.2) is 23.8 Å². The maximum atomic E-state index is 6.26. The average Bonchev–Trinajstić information content (AvgIpc) is 2.98. The lowest BCUT2D eigenvalue weighted by atomic mass is 10.0. The molecule has 19 heavy (non-hydrogen) atoms. The van der Waals surface area contributed by atoms with Crippen molar-refractivity contribution in [2.75, 3.05) is 6.54 Å². The van der Waals surface area contributed by atoms with E-state index in [2.05, 4.69) is 45.9 Å². The highest BCUT2D eigenvalue weighted by Crippen LogP contribution is 2.32. The predicted octanol–water partition coefficient (Wildman–Crippen LogP) is 2.16. The van der Waals surface area contributed by atoms with E-state index in [0.717, 1.165) is 25.5 Å². The van der Waals surface area contributed by atoms with Crippen molar-refractivity contribution in [3.05, 3.63) is 40.1 Å². The van der Waals surface area contributed by atoms with Crippen LogP contribution in [0.2, 0.25) is 0 Å². The normalized spacial score (nSPS) is 19.1. The van der Waals surface area contributed by atoms with Crippen LogP contribution < -0.4 is 5.73 Å². The Bertz CT molecular complexity index is 557. The largest absolute Gasteiger partial charge is 0.333 e. The van der Waals surface area contributed by atoms with Crippen molar-refractivity contribution in [2.24, 2.45) is 5.73 Å². The highest BCUT2D eigenvalue weighted by atomic mass is 32.1. The van der Waals surface area contributed by atoms with Crippen molar-refractivity contribution in [1.82, 2.24) is 14.5 Å². The zero-order valence-corrected chi connectivity index (χ0v) is 12.2. The van der Waals surface area contributed by atoms with Crippen LogP contribution in [0.4, 0.5) is 0 Å². The molecular weight excluding hydrogens is 256 g/mol. The van der Waals surface area contributed by atoms with Gasteiger partial charge in [0.15, 0.2) is 0 Å². The molecule has 1 aliphatic rings. The molecule has 5 heteroatoms. The molecule has 3 rings (SSSR count). The molecule has 4 nitrogen and oxygen atoms in total. The molecule has 3 heterocycles. The van der Waals surface area contributed by atoms with Gasteiger partial charge in [-0.1, -0.05) is 0 Å². The number of hydrogen-bond donors (Lipinski definition) is 1. The Labute approximate surface area is 117 Å². The molecule has 0 radical (unpaired) electrons. The Kier molecular flexibility index (Phi) is 3.43. The van der Waals surface area contributed by atoms with Gasteiger partial charge in [-0.3, -0.25) is 4.90 Å². The summed E-state index contributed by atoms with van der Waals surface area (Å²) in [5, 5.41) is 2.16. The first kappa shape index (κ1) is 12.8. The van der Waals surface area contributed by atoms with Crippen molar-refractivity contribution >= 4 is 11.3 Å². The first-order valence-electron chi connectivity index (χ1n) is 6.70. The summed E-state index contributed by atoms with van der Waals surface area (Å²) in [7, 11) is 0. The van der Waals surface area contributed by atoms with Gasteiger partial charge in [0.25, 0.3) is 0 Å². The fraction of sp³-hybridized carbons (Fsp3) is 0.500. The van der Waals surface area contributed by atoms with Crippen LogP contribution in [-0.4, -0.2) is 27.0 Å². The summed E-state index contributed by atoms with van der Waals surface area (Å²) in [5.41, 5.74) is 7.61. The smallest absolute Gasteiger partial charge is 0.122 e. The molecule has 2 unspecified atom stereocenters. The molecule has 1 aliphatic heterocycles. The van der Waals surface area contributed by atoms with Crippen LogP contribution in [0, 0.1) is 6.92 Å². The van der Waals surface area contributed by atoms with E-state index in [1.807, 2.05) is 17.5 Å². The van der Waals surface area contributed by atoms with E-state index in [-0.39, 0.29) is 6.04 Å². The summed E-state index contributed by atoms with van der Waals surface area (Å²) in [5.74, 6) is 1.14. The van der Waals surface area contributed by atoms with Gasteiger partial charge in [0.05, 0.1) is 12.6 Å². The van der Waals surface area contributed by atoms with Crippen LogP contribution >= 0.6 is 11.3 Å². The van der Waals surface area contributed by atoms with Gasteiger partial charge < -0.3 is 10.3 Å². The SMILES string of the molecule is Cc1ccsc1C(C(C)N)N1CCn2ccnc2C1. The minimum Gasteiger partial charge on any atom is -0.333 e. The molecule has 0 saturated heterocycles. The molecule has 2 aromatic heterocycles. The number of imidazole rings is 1. The summed E-state index contributed by atoms with van der Waals surface area (Å²) < 4.78 is 2.23. The summed E-state index contributed by atoms with van der Waals surface area (Å²) in [6.45, 7) is 7.20. The summed E-state index contributed by atoms with van der Waals surface area (Å²) in [6.07, 6.45) is 3.94. The van der Waals surface area contributed by atoms with Crippen LogP contribution in [0.25, 0.3) is 0 Å². The minimum absolute atomic E-state index is 0.124. The maximum absolute atomic E-state index is 6.26. The highest BCUT2D eigenvalue weighted by molar-refractivity contribution is 7.10. The number of nitrogens with two attached hydrogens (primary N) is 1. The van der Waals surface area contributed by atoms with Gasteiger partial charge in [-0.2, -0.15) is 0 Å². The lowest BCUT2D eigenvalue weighted by molar-refractivity contribution is 0.138. The zero-order valence-electron chi connectivity index (χ0n) is 11.4. The van der Waals surface area contributed by atoms with Gasteiger partial charge in [-0.05, 0) is 30.9 Å². The molecule has 2 atom stereocenters. The Morgan fingerprint density at radius 3 is 2.95 bits per heavy atom. The van der Waals surface area contributed by atoms with E-state index >= 15 is 0 Å². The van der Waals surface area contributed by atoms with Gasteiger partial charge in [0, 0.05) is 36.4 Å². The Morgan fingerprint density at radius 1 is 1.42 bits per heavy atom. The molecule has 0 aromatic carbocycles. The van der Waals surface area contributed by atoms with Crippen LogP contribution in [0.1, 0.15) is 29.2 Å². The molecule has 102 valence electrons. The standard InChI is InChI=1S/C14H20N4S/c1-10-3-8-19-14(10)13(11(2)15)18-7-6-17-5-4-16-12(17)9-18/h3-5,8,11,13H,6-7,9,15H2,1-2H3. The number of hydrogen-bond acceptors (Lipinski definition) is 4. The summed E-state index contributed by atoms with van der Waals surface area (Å²) in [4.78, 5) is 8.30. The Hall–Kier alpha value is -1.17. The summed E-state index contributed by atoms with van der Waals surface area (Å²) >= 11 is 1.81. The van der Waals surface area contributed by atoms with Gasteiger partial charge in [-0.25, -0.2) is 4.98 Å². The molecule has 0 bridgehead atoms. The first-order chi connectivity index (χ1) is 9.16. The highest BCUT2D eigenvalue weighted by Gasteiger charge is 2.29. The van der Waals surface area contributed by atoms with Crippen molar-refractivity contribution in [2.45, 2.75) is 39.0 Å². The van der Waals surface area contributed by atoms with Gasteiger partial charge in [0.2, 0.25) is 0 Å². The van der Waals surface area contributed by atoms with Crippen molar-refractivity contribution in [3.63, 3.8) is 0 Å². The molecule has 0 spiro atoms. The first-order valence-corrected chi connectivity index (χ1v) is 7.58. The third-order valence-electron chi connectivity index (χ3n) is 3.84. The van der Waals surface area contributed by atoms with Gasteiger partial charge in [0.1, 0.15) is 5.82 Å². The maximum Gasteiger partial charge on any atom is 0.122 e. The van der Waals surface area contributed by atoms with E-state index in [9.17, 15) is 0 Å². The molecule has 0 fully saturated rings. The zero-order chi connectivity index (χ0) is 13.4. The van der Waals surface area contributed by atoms with Gasteiger partial charge >= 0.3 is 0 Å². The molecule has 0 amide bonds. The second-order valence-corrected chi connectivity index (χ2v) is 6.23. The van der Waals surface area contributed by atoms with Crippen molar-refractivity contribution < 1.29 is 0 Å². The predicted molar refractivity (Wildman–Crippen MR) is 78.1 cm³/mol. The summed E-state index contributed by atoms with van der Waals surface area (Å²) in [6, 6.07) is 2.60. The fourth-order valence-electron chi connectivity index (χ4n) is 2.85. The second-order valence-electron chi connectivity index (χ2n) is 5.28. The fourth-order valence-corrected chi connectivity index (χ4v) is 4.03. The number of rotatable bonds is 3. The second kappa shape index (κ2) is 5.07. The molecule has 2 N–H and O–H groups in total. The van der Waals surface area contributed by atoms with E-state index in [1.54, 1.807) is 0 Å². The number of aromatic nitrogens is 2. The third-order valence-corrected chi connectivity index (χ3v) is 4.93. The number of aryl methyl sites for hydroxylation is 1. The lowest BCUT2D eigenvalue weighted by Gasteiger charge is -2.36. The number of nitrogens with zero attached hydrogens (tertiary/aromatic N) is 3. The van der Waals surface area contributed by atoms with Crippen molar-refractivity contribution in [1.29, 1.82) is 0 Å². The number of fused-ring (bicyclic) bond motifs is 1. The average molecular weight is 276 g/mol. The van der Waals surface area contributed by atoms with E-state index < -0.39 is 0 Å². The van der Waals surface area contributed by atoms with E-state index in [1.165, 1.54) is 10.4 Å². The molecular formula is C14H20N4S. The van der Waals surface area contributed by atoms with E-state index in [0.29, 0.717) is 6.04 Å². The number of thiophene rings is 1. The molecule has 0 saturated carbocycles. The van der Waals surface area contributed by atoms with E-state index in [4.69, 9.17) is 5.73 Å². The van der Waals surface area contributed by atoms with Crippen LogP contribution in [-0.2, 0) is 13.1 Å². The van der Waals surface area contributed by atoms with Crippen molar-refractivity contribution in [3.8, 4) is 0 Å². The quantitative estimate of drug-likeness (QED) is 0.934. The lowest BCUT2D eigenvalue weighted by Crippen LogP contribution is -2.43. The monoisotopic (exact) mass is 276 g/mol. The Balaban J connectivity index is 1.89. The minimum atomic E-state index is 0.124. The topological polar surface area (TPSA) is 47.1 Å². The van der Waals surface area contributed by atoms with Crippen LogP contribution in [0.3, 0.4) is 0 Å². The Morgan fingerprint density at radius 2 is 2.26 bits per heavy atom. The molecule has 2 aromatic rings. The third kappa shape index (κ3) is 2.33. The molecule has 0 aliphatic carbocycles. The van der Waals surface area contributed by atoms with Crippen LogP contribution in [0.5, 0.6) is 0 Å².